The van der Waals surface area contributed by atoms with Crippen molar-refractivity contribution >= 4 is 0 Å². The summed E-state index contributed by atoms with van der Waals surface area (Å²) in [6.45, 7) is 2.79. The van der Waals surface area contributed by atoms with E-state index < -0.39 is 12.0 Å². The normalized spacial score (nSPS) is 18.0. The highest BCUT2D eigenvalue weighted by Gasteiger charge is 2.19. The molecule has 1 radical (unpaired) electrons. The van der Waals surface area contributed by atoms with E-state index in [-0.39, 0.29) is 12.7 Å². The van der Waals surface area contributed by atoms with Gasteiger partial charge in [0, 0.05) is 5.92 Å². The molecule has 0 aliphatic rings. The van der Waals surface area contributed by atoms with Crippen LogP contribution in [0.25, 0.3) is 0 Å². The molecule has 0 aliphatic heterocycles. The van der Waals surface area contributed by atoms with Gasteiger partial charge in [-0.15, -0.1) is 0 Å². The van der Waals surface area contributed by atoms with E-state index in [1.807, 2.05) is 0 Å². The monoisotopic (exact) mass is 133 g/mol. The molecule has 0 aromatic rings. The molecule has 0 fully saturated rings. The third-order valence-electron chi connectivity index (χ3n) is 1.32. The fourth-order valence-corrected chi connectivity index (χ4v) is 0.634. The second-order valence-electron chi connectivity index (χ2n) is 2.17. The molecule has 0 rings (SSSR count). The zero-order valence-electron chi connectivity index (χ0n) is 5.70. The second kappa shape index (κ2) is 3.82. The minimum absolute atomic E-state index is 0.0764. The van der Waals surface area contributed by atoms with Gasteiger partial charge in [-0.2, -0.15) is 0 Å². The Labute approximate surface area is 54.9 Å². The van der Waals surface area contributed by atoms with Crippen molar-refractivity contribution in [3.63, 3.8) is 0 Å². The van der Waals surface area contributed by atoms with Crippen LogP contribution in [-0.2, 0) is 0 Å². The van der Waals surface area contributed by atoms with E-state index in [4.69, 9.17) is 15.3 Å². The molecule has 0 aromatic carbocycles. The van der Waals surface area contributed by atoms with Crippen molar-refractivity contribution in [2.45, 2.75) is 20.0 Å². The number of aliphatic hydroxyl groups excluding tert-OH is 3. The molecule has 3 nitrogen and oxygen atoms in total. The van der Waals surface area contributed by atoms with Gasteiger partial charge in [0.1, 0.15) is 0 Å². The maximum atomic E-state index is 8.84. The summed E-state index contributed by atoms with van der Waals surface area (Å²) in [6.07, 6.45) is -0.604. The van der Waals surface area contributed by atoms with Crippen LogP contribution in [0, 0.1) is 12.0 Å². The maximum absolute atomic E-state index is 8.84. The van der Waals surface area contributed by atoms with Crippen LogP contribution in [0.3, 0.4) is 0 Å². The Morgan fingerprint density at radius 2 is 2.00 bits per heavy atom. The van der Waals surface area contributed by atoms with E-state index in [1.165, 1.54) is 13.8 Å². The average Bonchev–Trinajstić information content (AvgIpc) is 1.64. The SMILES string of the molecule is C[C](O)C(CO)C(C)O. The lowest BCUT2D eigenvalue weighted by molar-refractivity contribution is 0.0493. The summed E-state index contributed by atoms with van der Waals surface area (Å²) in [5.41, 5.74) is 0. The first-order valence-corrected chi connectivity index (χ1v) is 2.91. The van der Waals surface area contributed by atoms with Gasteiger partial charge in [-0.3, -0.25) is 0 Å². The number of aliphatic hydroxyl groups is 3. The van der Waals surface area contributed by atoms with Crippen LogP contribution in [0.2, 0.25) is 0 Å². The van der Waals surface area contributed by atoms with Gasteiger partial charge < -0.3 is 15.3 Å². The van der Waals surface area contributed by atoms with E-state index in [0.29, 0.717) is 0 Å². The van der Waals surface area contributed by atoms with Gasteiger partial charge in [-0.05, 0) is 13.8 Å². The molecule has 3 heteroatoms. The van der Waals surface area contributed by atoms with Crippen molar-refractivity contribution in [2.24, 2.45) is 5.92 Å². The van der Waals surface area contributed by atoms with Crippen LogP contribution in [0.1, 0.15) is 13.8 Å². The Hall–Kier alpha value is -0.120. The molecule has 0 amide bonds. The van der Waals surface area contributed by atoms with E-state index in [1.54, 1.807) is 0 Å². The lowest BCUT2D eigenvalue weighted by atomic mass is 10.00. The van der Waals surface area contributed by atoms with Crippen LogP contribution < -0.4 is 0 Å². The highest BCUT2D eigenvalue weighted by Crippen LogP contribution is 2.13. The Kier molecular flexibility index (Phi) is 3.77. The summed E-state index contributed by atoms with van der Waals surface area (Å²) in [6, 6.07) is 0. The van der Waals surface area contributed by atoms with E-state index in [9.17, 15) is 0 Å². The average molecular weight is 133 g/mol. The van der Waals surface area contributed by atoms with E-state index >= 15 is 0 Å². The fourth-order valence-electron chi connectivity index (χ4n) is 0.634. The molecule has 0 aromatic heterocycles. The highest BCUT2D eigenvalue weighted by molar-refractivity contribution is 4.82. The first kappa shape index (κ1) is 8.88. The van der Waals surface area contributed by atoms with E-state index in [0.717, 1.165) is 0 Å². The molecule has 55 valence electrons. The van der Waals surface area contributed by atoms with Crippen molar-refractivity contribution in [1.29, 1.82) is 0 Å². The lowest BCUT2D eigenvalue weighted by Crippen LogP contribution is -2.25. The number of rotatable bonds is 3. The molecular formula is C6H13O3. The Morgan fingerprint density at radius 1 is 1.56 bits per heavy atom. The van der Waals surface area contributed by atoms with Crippen molar-refractivity contribution in [1.82, 2.24) is 0 Å². The molecule has 3 N–H and O–H groups in total. The minimum atomic E-state index is -0.681. The second-order valence-corrected chi connectivity index (χ2v) is 2.17. The van der Waals surface area contributed by atoms with Crippen LogP contribution in [-0.4, -0.2) is 28.0 Å². The van der Waals surface area contributed by atoms with Crippen LogP contribution >= 0.6 is 0 Å². The molecule has 2 atom stereocenters. The quantitative estimate of drug-likeness (QED) is 0.504. The summed E-state index contributed by atoms with van der Waals surface area (Å²) < 4.78 is 0. The highest BCUT2D eigenvalue weighted by atomic mass is 16.3. The first-order chi connectivity index (χ1) is 4.09. The van der Waals surface area contributed by atoms with Crippen LogP contribution in [0.5, 0.6) is 0 Å². The van der Waals surface area contributed by atoms with Crippen LogP contribution in [0.15, 0.2) is 0 Å². The molecule has 0 saturated heterocycles. The maximum Gasteiger partial charge on any atom is 0.0981 e. The van der Waals surface area contributed by atoms with Gasteiger partial charge >= 0.3 is 0 Å². The number of hydrogen-bond acceptors (Lipinski definition) is 3. The summed E-state index contributed by atoms with van der Waals surface area (Å²) in [4.78, 5) is 0. The van der Waals surface area contributed by atoms with Gasteiger partial charge in [0.2, 0.25) is 0 Å². The number of hydrogen-bond donors (Lipinski definition) is 3. The molecule has 9 heavy (non-hydrogen) atoms. The molecule has 2 unspecified atom stereocenters. The molecule has 0 spiro atoms. The lowest BCUT2D eigenvalue weighted by Gasteiger charge is -2.18. The standard InChI is InChI=1S/C6H13O3/c1-4(8)6(3-7)5(2)9/h4,6-9H,3H2,1-2H3. The van der Waals surface area contributed by atoms with E-state index in [2.05, 4.69) is 0 Å². The van der Waals surface area contributed by atoms with Crippen LogP contribution in [0.4, 0.5) is 0 Å². The Bertz CT molecular complexity index is 62.7. The van der Waals surface area contributed by atoms with Gasteiger partial charge in [0.25, 0.3) is 0 Å². The smallest absolute Gasteiger partial charge is 0.0981 e. The van der Waals surface area contributed by atoms with Crippen molar-refractivity contribution in [3.8, 4) is 0 Å². The molecular weight excluding hydrogens is 120 g/mol. The van der Waals surface area contributed by atoms with Gasteiger partial charge in [-0.1, -0.05) is 0 Å². The Balaban J connectivity index is 3.68. The Morgan fingerprint density at radius 3 is 2.00 bits per heavy atom. The van der Waals surface area contributed by atoms with Crippen molar-refractivity contribution in [2.75, 3.05) is 6.61 Å². The molecule has 0 aliphatic carbocycles. The van der Waals surface area contributed by atoms with Gasteiger partial charge in [-0.25, -0.2) is 0 Å². The summed E-state index contributed by atoms with van der Waals surface area (Å²) in [5.74, 6) is -0.495. The largest absolute Gasteiger partial charge is 0.396 e. The third kappa shape index (κ3) is 2.79. The zero-order valence-corrected chi connectivity index (χ0v) is 5.70. The predicted octanol–water partition coefficient (Wildman–Crippen LogP) is -0.0999. The van der Waals surface area contributed by atoms with Crippen molar-refractivity contribution < 1.29 is 15.3 Å². The summed E-state index contributed by atoms with van der Waals surface area (Å²) >= 11 is 0. The first-order valence-electron chi connectivity index (χ1n) is 2.91. The predicted molar refractivity (Wildman–Crippen MR) is 33.1 cm³/mol. The van der Waals surface area contributed by atoms with Gasteiger partial charge in [0.05, 0.1) is 18.8 Å². The molecule has 0 heterocycles. The minimum Gasteiger partial charge on any atom is -0.396 e. The molecule has 0 saturated carbocycles. The molecule has 0 bridgehead atoms. The fraction of sp³-hybridized carbons (Fsp3) is 0.833. The topological polar surface area (TPSA) is 60.7 Å². The van der Waals surface area contributed by atoms with Crippen molar-refractivity contribution in [3.05, 3.63) is 6.10 Å². The van der Waals surface area contributed by atoms with Gasteiger partial charge in [0.15, 0.2) is 0 Å². The summed E-state index contributed by atoms with van der Waals surface area (Å²) in [7, 11) is 0. The third-order valence-corrected chi connectivity index (χ3v) is 1.32. The zero-order chi connectivity index (χ0) is 7.44. The summed E-state index contributed by atoms with van der Waals surface area (Å²) in [5, 5.41) is 26.1.